The highest BCUT2D eigenvalue weighted by Crippen LogP contribution is 2.41. The minimum atomic E-state index is 0.0923. The molecule has 0 aromatic carbocycles. The van der Waals surface area contributed by atoms with Crippen molar-refractivity contribution in [2.75, 3.05) is 6.54 Å². The van der Waals surface area contributed by atoms with E-state index in [2.05, 4.69) is 64.1 Å². The number of pyridine rings is 1. The molecule has 0 unspecified atom stereocenters. The van der Waals surface area contributed by atoms with Gasteiger partial charge in [0.05, 0.1) is 17.8 Å². The summed E-state index contributed by atoms with van der Waals surface area (Å²) in [6.07, 6.45) is 10.8. The molecule has 1 aliphatic heterocycles. The summed E-state index contributed by atoms with van der Waals surface area (Å²) < 4.78 is 2.53. The van der Waals surface area contributed by atoms with E-state index in [1.54, 1.807) is 0 Å². The molecule has 144 valence electrons. The number of thiocarbonyl (C=S) groups is 1. The first-order valence-corrected chi connectivity index (χ1v) is 10.7. The second kappa shape index (κ2) is 8.01. The number of hydrogen-bond acceptors (Lipinski definition) is 2. The van der Waals surface area contributed by atoms with Crippen molar-refractivity contribution in [2.45, 2.75) is 64.1 Å². The third-order valence-corrected chi connectivity index (χ3v) is 6.19. The molecule has 2 atom stereocenters. The molecule has 0 radical (unpaired) electrons. The van der Waals surface area contributed by atoms with Crippen LogP contribution in [0.1, 0.15) is 75.5 Å². The zero-order valence-electron chi connectivity index (χ0n) is 16.3. The van der Waals surface area contributed by atoms with Crippen LogP contribution in [-0.4, -0.2) is 26.1 Å². The van der Waals surface area contributed by atoms with E-state index in [1.807, 2.05) is 12.3 Å². The van der Waals surface area contributed by atoms with Gasteiger partial charge in [0.15, 0.2) is 5.11 Å². The van der Waals surface area contributed by atoms with E-state index >= 15 is 0 Å². The van der Waals surface area contributed by atoms with Crippen LogP contribution in [0.3, 0.4) is 0 Å². The smallest absolute Gasteiger partial charge is 0.170 e. The topological polar surface area (TPSA) is 33.1 Å². The van der Waals surface area contributed by atoms with Crippen LogP contribution in [0.5, 0.6) is 0 Å². The fraction of sp³-hybridized carbons (Fsp3) is 0.545. The summed E-state index contributed by atoms with van der Waals surface area (Å²) >= 11 is 5.76. The summed E-state index contributed by atoms with van der Waals surface area (Å²) in [5, 5.41) is 4.42. The molecule has 0 spiro atoms. The summed E-state index contributed by atoms with van der Waals surface area (Å²) in [6.45, 7) is 5.47. The molecular weight excluding hydrogens is 352 g/mol. The third kappa shape index (κ3) is 3.75. The number of nitrogens with zero attached hydrogens (tertiary/aromatic N) is 3. The van der Waals surface area contributed by atoms with Crippen molar-refractivity contribution in [3.05, 3.63) is 54.1 Å². The Hall–Kier alpha value is -1.88. The van der Waals surface area contributed by atoms with Crippen molar-refractivity contribution >= 4 is 17.3 Å². The monoisotopic (exact) mass is 382 g/mol. The van der Waals surface area contributed by atoms with Crippen LogP contribution in [0.4, 0.5) is 0 Å². The molecule has 1 saturated heterocycles. The average Bonchev–Trinajstić information content (AvgIpc) is 3.28. The third-order valence-electron chi connectivity index (χ3n) is 5.84. The number of aromatic nitrogens is 2. The lowest BCUT2D eigenvalue weighted by atomic mass is 9.94. The Morgan fingerprint density at radius 3 is 2.67 bits per heavy atom. The van der Waals surface area contributed by atoms with Crippen molar-refractivity contribution < 1.29 is 0 Å². The molecule has 2 fully saturated rings. The normalized spacial score (nSPS) is 23.8. The summed E-state index contributed by atoms with van der Waals surface area (Å²) in [7, 11) is 0. The minimum Gasteiger partial charge on any atom is -0.352 e. The lowest BCUT2D eigenvalue weighted by Crippen LogP contribution is -2.34. The Morgan fingerprint density at radius 2 is 1.96 bits per heavy atom. The Bertz CT molecular complexity index is 764. The first-order valence-electron chi connectivity index (χ1n) is 10.3. The maximum absolute atomic E-state index is 5.76. The van der Waals surface area contributed by atoms with E-state index in [1.165, 1.54) is 37.8 Å². The predicted molar refractivity (Wildman–Crippen MR) is 114 cm³/mol. The van der Waals surface area contributed by atoms with Crippen molar-refractivity contribution in [3.63, 3.8) is 0 Å². The first kappa shape index (κ1) is 18.5. The molecule has 5 heteroatoms. The lowest BCUT2D eigenvalue weighted by molar-refractivity contribution is 0.261. The van der Waals surface area contributed by atoms with Crippen LogP contribution < -0.4 is 5.32 Å². The van der Waals surface area contributed by atoms with Gasteiger partial charge in [0, 0.05) is 30.7 Å². The van der Waals surface area contributed by atoms with Gasteiger partial charge in [-0.2, -0.15) is 0 Å². The fourth-order valence-corrected chi connectivity index (χ4v) is 4.98. The predicted octanol–water partition coefficient (Wildman–Crippen LogP) is 5.02. The molecule has 2 aromatic rings. The van der Waals surface area contributed by atoms with Gasteiger partial charge in [-0.25, -0.2) is 0 Å². The number of rotatable bonds is 5. The van der Waals surface area contributed by atoms with Gasteiger partial charge in [0.25, 0.3) is 0 Å². The van der Waals surface area contributed by atoms with Gasteiger partial charge < -0.3 is 14.8 Å². The second-order valence-electron chi connectivity index (χ2n) is 8.30. The molecular formula is C22H30N4S. The van der Waals surface area contributed by atoms with Crippen molar-refractivity contribution in [2.24, 2.45) is 5.92 Å². The van der Waals surface area contributed by atoms with Gasteiger partial charge >= 0.3 is 0 Å². The minimum absolute atomic E-state index is 0.0923. The van der Waals surface area contributed by atoms with E-state index in [0.717, 1.165) is 17.4 Å². The summed E-state index contributed by atoms with van der Waals surface area (Å²) in [5.41, 5.74) is 2.43. The van der Waals surface area contributed by atoms with E-state index in [4.69, 9.17) is 12.2 Å². The zero-order chi connectivity index (χ0) is 18.8. The molecule has 4 nitrogen and oxygen atoms in total. The quantitative estimate of drug-likeness (QED) is 0.736. The molecule has 3 heterocycles. The van der Waals surface area contributed by atoms with Gasteiger partial charge in [-0.3, -0.25) is 4.98 Å². The van der Waals surface area contributed by atoms with Gasteiger partial charge in [-0.05, 0) is 55.2 Å². The molecule has 2 aliphatic rings. The van der Waals surface area contributed by atoms with Crippen molar-refractivity contribution in [1.82, 2.24) is 19.8 Å². The van der Waals surface area contributed by atoms with Gasteiger partial charge in [0.2, 0.25) is 0 Å². The molecule has 0 bridgehead atoms. The SMILES string of the molecule is CC(C)CN1C(=S)N[C@@H](c2ccccn2)[C@H]1c1cccn1C1CCCCC1. The Kier molecular flexibility index (Phi) is 5.48. The Morgan fingerprint density at radius 1 is 1.15 bits per heavy atom. The standard InChI is InChI=1S/C22H30N4S/c1-16(2)15-26-21(20(24-22(26)27)18-11-6-7-13-23-18)19-12-8-14-25(19)17-9-4-3-5-10-17/h6-8,11-14,16-17,20-21H,3-5,9-10,15H2,1-2H3,(H,24,27)/t20-,21+/m0/s1. The first-order chi connectivity index (χ1) is 13.1. The fourth-order valence-electron chi connectivity index (χ4n) is 4.67. The van der Waals surface area contributed by atoms with Gasteiger partial charge in [-0.15, -0.1) is 0 Å². The number of hydrogen-bond donors (Lipinski definition) is 1. The maximum Gasteiger partial charge on any atom is 0.170 e. The van der Waals surface area contributed by atoms with E-state index in [-0.39, 0.29) is 12.1 Å². The zero-order valence-corrected chi connectivity index (χ0v) is 17.2. The molecule has 27 heavy (non-hydrogen) atoms. The molecule has 1 N–H and O–H groups in total. The molecule has 1 aliphatic carbocycles. The van der Waals surface area contributed by atoms with Crippen LogP contribution in [0, 0.1) is 5.92 Å². The highest BCUT2D eigenvalue weighted by atomic mass is 32.1. The highest BCUT2D eigenvalue weighted by Gasteiger charge is 2.41. The molecule has 1 saturated carbocycles. The largest absolute Gasteiger partial charge is 0.352 e. The van der Waals surface area contributed by atoms with Gasteiger partial charge in [-0.1, -0.05) is 39.2 Å². The van der Waals surface area contributed by atoms with E-state index < -0.39 is 0 Å². The highest BCUT2D eigenvalue weighted by molar-refractivity contribution is 7.80. The molecule has 0 amide bonds. The van der Waals surface area contributed by atoms with Crippen LogP contribution >= 0.6 is 12.2 Å². The van der Waals surface area contributed by atoms with Crippen LogP contribution in [0.25, 0.3) is 0 Å². The summed E-state index contributed by atoms with van der Waals surface area (Å²) in [5.74, 6) is 0.549. The Balaban J connectivity index is 1.73. The Labute approximate surface area is 168 Å². The maximum atomic E-state index is 5.76. The van der Waals surface area contributed by atoms with Crippen molar-refractivity contribution in [1.29, 1.82) is 0 Å². The van der Waals surface area contributed by atoms with E-state index in [0.29, 0.717) is 12.0 Å². The van der Waals surface area contributed by atoms with Crippen molar-refractivity contribution in [3.8, 4) is 0 Å². The van der Waals surface area contributed by atoms with Crippen LogP contribution in [-0.2, 0) is 0 Å². The van der Waals surface area contributed by atoms with E-state index in [9.17, 15) is 0 Å². The number of nitrogens with one attached hydrogen (secondary N) is 1. The molecule has 2 aromatic heterocycles. The lowest BCUT2D eigenvalue weighted by Gasteiger charge is -2.33. The van der Waals surface area contributed by atoms with Crippen LogP contribution in [0.15, 0.2) is 42.7 Å². The summed E-state index contributed by atoms with van der Waals surface area (Å²) in [4.78, 5) is 7.04. The summed E-state index contributed by atoms with van der Waals surface area (Å²) in [6, 6.07) is 11.5. The average molecular weight is 383 g/mol. The molecule has 4 rings (SSSR count). The second-order valence-corrected chi connectivity index (χ2v) is 8.69. The van der Waals surface area contributed by atoms with Crippen LogP contribution in [0.2, 0.25) is 0 Å². The van der Waals surface area contributed by atoms with Gasteiger partial charge in [0.1, 0.15) is 0 Å².